The zero-order valence-corrected chi connectivity index (χ0v) is 13.1. The third-order valence-electron chi connectivity index (χ3n) is 3.59. The van der Waals surface area contributed by atoms with E-state index in [4.69, 9.17) is 4.98 Å². The fourth-order valence-electron chi connectivity index (χ4n) is 2.41. The maximum absolute atomic E-state index is 11.6. The molecule has 0 unspecified atom stereocenters. The lowest BCUT2D eigenvalue weighted by molar-refractivity contribution is 0.101. The van der Waals surface area contributed by atoms with Crippen molar-refractivity contribution in [3.63, 3.8) is 0 Å². The zero-order valence-electron chi connectivity index (χ0n) is 12.3. The van der Waals surface area contributed by atoms with E-state index in [2.05, 4.69) is 10.1 Å². The van der Waals surface area contributed by atoms with Crippen LogP contribution in [0.25, 0.3) is 27.5 Å². The summed E-state index contributed by atoms with van der Waals surface area (Å²) in [4.78, 5) is 21.8. The molecule has 0 saturated carbocycles. The lowest BCUT2D eigenvalue weighted by Crippen LogP contribution is -1.95. The minimum absolute atomic E-state index is 0.0114. The van der Waals surface area contributed by atoms with E-state index in [9.17, 15) is 4.79 Å². The first-order valence-electron chi connectivity index (χ1n) is 7.08. The zero-order chi connectivity index (χ0) is 15.8. The molecule has 0 N–H and O–H groups in total. The lowest BCUT2D eigenvalue weighted by atomic mass is 10.1. The third-order valence-corrected chi connectivity index (χ3v) is 4.48. The van der Waals surface area contributed by atoms with Crippen molar-refractivity contribution in [1.82, 2.24) is 19.6 Å². The Morgan fingerprint density at radius 3 is 2.91 bits per heavy atom. The van der Waals surface area contributed by atoms with Gasteiger partial charge in [0.05, 0.1) is 28.0 Å². The van der Waals surface area contributed by atoms with Crippen LogP contribution in [0.1, 0.15) is 17.3 Å². The first-order valence-corrected chi connectivity index (χ1v) is 7.96. The molecule has 0 saturated heterocycles. The Labute approximate surface area is 136 Å². The summed E-state index contributed by atoms with van der Waals surface area (Å²) in [5.74, 6) is 0.0114. The summed E-state index contributed by atoms with van der Waals surface area (Å²) in [7, 11) is 0. The van der Waals surface area contributed by atoms with E-state index in [0.717, 1.165) is 21.8 Å². The molecular weight excluding hydrogens is 308 g/mol. The quantitative estimate of drug-likeness (QED) is 0.540. The van der Waals surface area contributed by atoms with Crippen LogP contribution in [0.15, 0.2) is 54.3 Å². The predicted molar refractivity (Wildman–Crippen MR) is 89.5 cm³/mol. The monoisotopic (exact) mass is 320 g/mol. The Bertz CT molecular complexity index is 1000. The first-order chi connectivity index (χ1) is 11.2. The fourth-order valence-corrected chi connectivity index (χ4v) is 3.10. The SMILES string of the molecule is CC(=O)c1ccnc(-c2cnn3ccc(-c4cccs4)nc23)c1. The van der Waals surface area contributed by atoms with E-state index in [1.807, 2.05) is 29.8 Å². The van der Waals surface area contributed by atoms with Crippen molar-refractivity contribution in [2.75, 3.05) is 0 Å². The molecule has 0 aromatic carbocycles. The van der Waals surface area contributed by atoms with Gasteiger partial charge < -0.3 is 0 Å². The lowest BCUT2D eigenvalue weighted by Gasteiger charge is -2.02. The molecule has 112 valence electrons. The molecule has 0 amide bonds. The molecule has 23 heavy (non-hydrogen) atoms. The van der Waals surface area contributed by atoms with Crippen LogP contribution < -0.4 is 0 Å². The number of nitrogens with zero attached hydrogens (tertiary/aromatic N) is 4. The van der Waals surface area contributed by atoms with Crippen LogP contribution in [0.5, 0.6) is 0 Å². The van der Waals surface area contributed by atoms with Gasteiger partial charge >= 0.3 is 0 Å². The number of aromatic nitrogens is 4. The molecule has 0 atom stereocenters. The Balaban J connectivity index is 1.89. The van der Waals surface area contributed by atoms with Crippen LogP contribution in [-0.4, -0.2) is 25.4 Å². The highest BCUT2D eigenvalue weighted by atomic mass is 32.1. The molecule has 4 aromatic heterocycles. The third kappa shape index (κ3) is 2.43. The number of fused-ring (bicyclic) bond motifs is 1. The van der Waals surface area contributed by atoms with E-state index in [1.54, 1.807) is 47.3 Å². The van der Waals surface area contributed by atoms with Gasteiger partial charge in [0.2, 0.25) is 0 Å². The van der Waals surface area contributed by atoms with Crippen molar-refractivity contribution in [3.8, 4) is 21.8 Å². The molecule has 0 aliphatic carbocycles. The van der Waals surface area contributed by atoms with Gasteiger partial charge in [-0.3, -0.25) is 9.78 Å². The summed E-state index contributed by atoms with van der Waals surface area (Å²) >= 11 is 1.64. The second kappa shape index (κ2) is 5.40. The van der Waals surface area contributed by atoms with Gasteiger partial charge in [-0.2, -0.15) is 5.10 Å². The molecule has 0 aliphatic rings. The standard InChI is InChI=1S/C17H12N4OS/c1-11(22)12-4-6-18-15(9-12)13-10-19-21-7-5-14(20-17(13)21)16-3-2-8-23-16/h2-10H,1H3. The molecule has 0 bridgehead atoms. The number of hydrogen-bond acceptors (Lipinski definition) is 5. The second-order valence-corrected chi connectivity index (χ2v) is 6.05. The van der Waals surface area contributed by atoms with Crippen molar-refractivity contribution in [2.45, 2.75) is 6.92 Å². The van der Waals surface area contributed by atoms with Crippen LogP contribution in [0.2, 0.25) is 0 Å². The highest BCUT2D eigenvalue weighted by molar-refractivity contribution is 7.13. The Kier molecular flexibility index (Phi) is 3.24. The van der Waals surface area contributed by atoms with Gasteiger partial charge in [-0.15, -0.1) is 11.3 Å². The number of carbonyl (C=O) groups excluding carboxylic acids is 1. The number of pyridine rings is 1. The highest BCUT2D eigenvalue weighted by Gasteiger charge is 2.12. The molecule has 0 spiro atoms. The molecule has 0 fully saturated rings. The summed E-state index contributed by atoms with van der Waals surface area (Å²) < 4.78 is 1.72. The normalized spacial score (nSPS) is 11.0. The summed E-state index contributed by atoms with van der Waals surface area (Å²) in [6.07, 6.45) is 5.25. The van der Waals surface area contributed by atoms with E-state index in [1.165, 1.54) is 0 Å². The van der Waals surface area contributed by atoms with Crippen molar-refractivity contribution in [1.29, 1.82) is 0 Å². The smallest absolute Gasteiger partial charge is 0.165 e. The summed E-state index contributed by atoms with van der Waals surface area (Å²) in [6.45, 7) is 1.54. The van der Waals surface area contributed by atoms with Crippen LogP contribution in [0.4, 0.5) is 0 Å². The van der Waals surface area contributed by atoms with Crippen LogP contribution in [0, 0.1) is 0 Å². The summed E-state index contributed by atoms with van der Waals surface area (Å²) in [5, 5.41) is 6.35. The van der Waals surface area contributed by atoms with E-state index in [0.29, 0.717) is 11.3 Å². The van der Waals surface area contributed by atoms with Gasteiger partial charge in [0.15, 0.2) is 11.4 Å². The maximum Gasteiger partial charge on any atom is 0.165 e. The van der Waals surface area contributed by atoms with Gasteiger partial charge in [-0.1, -0.05) is 6.07 Å². The average Bonchev–Trinajstić information content (AvgIpc) is 3.24. The molecule has 4 rings (SSSR count). The highest BCUT2D eigenvalue weighted by Crippen LogP contribution is 2.27. The van der Waals surface area contributed by atoms with Crippen molar-refractivity contribution >= 4 is 22.8 Å². The first kappa shape index (κ1) is 13.8. The second-order valence-electron chi connectivity index (χ2n) is 5.10. The van der Waals surface area contributed by atoms with E-state index in [-0.39, 0.29) is 5.78 Å². The molecular formula is C17H12N4OS. The predicted octanol–water partition coefficient (Wildman–Crippen LogP) is 3.72. The van der Waals surface area contributed by atoms with Gasteiger partial charge in [0.1, 0.15) is 0 Å². The molecule has 4 heterocycles. The maximum atomic E-state index is 11.6. The number of thiophene rings is 1. The average molecular weight is 320 g/mol. The molecule has 5 nitrogen and oxygen atoms in total. The van der Waals surface area contributed by atoms with Crippen LogP contribution in [-0.2, 0) is 0 Å². The van der Waals surface area contributed by atoms with Crippen molar-refractivity contribution in [3.05, 3.63) is 59.9 Å². The summed E-state index contributed by atoms with van der Waals surface area (Å²) in [6, 6.07) is 9.46. The largest absolute Gasteiger partial charge is 0.295 e. The molecule has 0 radical (unpaired) electrons. The fraction of sp³-hybridized carbons (Fsp3) is 0.0588. The minimum atomic E-state index is 0.0114. The topological polar surface area (TPSA) is 60.2 Å². The number of Topliss-reactive ketones (excluding diaryl/α,β-unsaturated/α-hetero) is 1. The van der Waals surface area contributed by atoms with Gasteiger partial charge in [0, 0.05) is 18.0 Å². The Morgan fingerprint density at radius 1 is 1.22 bits per heavy atom. The molecule has 4 aromatic rings. The van der Waals surface area contributed by atoms with E-state index >= 15 is 0 Å². The number of ketones is 1. The van der Waals surface area contributed by atoms with Gasteiger partial charge in [-0.05, 0) is 36.6 Å². The van der Waals surface area contributed by atoms with Gasteiger partial charge in [0.25, 0.3) is 0 Å². The molecule has 6 heteroatoms. The van der Waals surface area contributed by atoms with E-state index < -0.39 is 0 Å². The molecule has 0 aliphatic heterocycles. The number of rotatable bonds is 3. The number of carbonyl (C=O) groups is 1. The summed E-state index contributed by atoms with van der Waals surface area (Å²) in [5.41, 5.74) is 3.76. The Hall–Kier alpha value is -2.86. The Morgan fingerprint density at radius 2 is 2.13 bits per heavy atom. The minimum Gasteiger partial charge on any atom is -0.295 e. The van der Waals surface area contributed by atoms with Crippen molar-refractivity contribution in [2.24, 2.45) is 0 Å². The van der Waals surface area contributed by atoms with Crippen molar-refractivity contribution < 1.29 is 4.79 Å². The van der Waals surface area contributed by atoms with Crippen LogP contribution >= 0.6 is 11.3 Å². The number of hydrogen-bond donors (Lipinski definition) is 0. The van der Waals surface area contributed by atoms with Gasteiger partial charge in [-0.25, -0.2) is 9.50 Å². The van der Waals surface area contributed by atoms with Crippen LogP contribution in [0.3, 0.4) is 0 Å².